The molecule has 106 valence electrons. The summed E-state index contributed by atoms with van der Waals surface area (Å²) in [6.07, 6.45) is 2.02. The molecule has 3 atom stereocenters. The molecule has 2 aliphatic rings. The summed E-state index contributed by atoms with van der Waals surface area (Å²) in [6.45, 7) is 0. The van der Waals surface area contributed by atoms with Crippen LogP contribution < -0.4 is 4.74 Å². The molecule has 0 aromatic heterocycles. The van der Waals surface area contributed by atoms with Gasteiger partial charge >= 0.3 is 5.97 Å². The Balaban J connectivity index is 1.76. The number of carboxylic acids is 1. The number of methoxy groups -OCH3 is 1. The highest BCUT2D eigenvalue weighted by Gasteiger charge is 2.39. The van der Waals surface area contributed by atoms with E-state index in [0.29, 0.717) is 18.7 Å². The lowest BCUT2D eigenvalue weighted by atomic mass is 9.84. The lowest BCUT2D eigenvalue weighted by Gasteiger charge is -2.26. The van der Waals surface area contributed by atoms with Crippen molar-refractivity contribution >= 4 is 11.9 Å². The van der Waals surface area contributed by atoms with E-state index in [9.17, 15) is 4.79 Å². The Morgan fingerprint density at radius 3 is 2.75 bits per heavy atom. The summed E-state index contributed by atoms with van der Waals surface area (Å²) < 4.78 is 11.0. The summed E-state index contributed by atoms with van der Waals surface area (Å²) in [5.74, 6) is 0.389. The Morgan fingerprint density at radius 1 is 1.35 bits per heavy atom. The first-order valence-corrected chi connectivity index (χ1v) is 6.79. The second kappa shape index (κ2) is 5.15. The first-order chi connectivity index (χ1) is 9.67. The van der Waals surface area contributed by atoms with Gasteiger partial charge in [-0.2, -0.15) is 0 Å². The van der Waals surface area contributed by atoms with Crippen molar-refractivity contribution in [2.45, 2.75) is 31.4 Å². The maximum Gasteiger partial charge on any atom is 0.306 e. The number of fused-ring (bicyclic) bond motifs is 1. The lowest BCUT2D eigenvalue weighted by molar-refractivity contribution is -0.143. The maximum atomic E-state index is 11.1. The monoisotopic (exact) mass is 275 g/mol. The third-order valence-electron chi connectivity index (χ3n) is 3.99. The molecule has 0 radical (unpaired) electrons. The van der Waals surface area contributed by atoms with Crippen molar-refractivity contribution in [1.82, 2.24) is 0 Å². The Bertz CT molecular complexity index is 537. The van der Waals surface area contributed by atoms with E-state index in [-0.39, 0.29) is 18.1 Å². The number of nitrogens with zero attached hydrogens (tertiary/aromatic N) is 1. The zero-order chi connectivity index (χ0) is 14.1. The molecule has 0 spiro atoms. The van der Waals surface area contributed by atoms with Crippen LogP contribution in [0.3, 0.4) is 0 Å². The van der Waals surface area contributed by atoms with Crippen molar-refractivity contribution in [2.24, 2.45) is 10.9 Å². The minimum atomic E-state index is -0.725. The molecule has 5 nitrogen and oxygen atoms in total. The highest BCUT2D eigenvalue weighted by molar-refractivity contribution is 5.95. The van der Waals surface area contributed by atoms with Crippen molar-refractivity contribution < 1.29 is 19.4 Å². The number of aliphatic carboxylic acids is 1. The molecule has 20 heavy (non-hydrogen) atoms. The van der Waals surface area contributed by atoms with E-state index in [0.717, 1.165) is 17.7 Å². The third-order valence-corrected chi connectivity index (χ3v) is 3.99. The van der Waals surface area contributed by atoms with Gasteiger partial charge in [-0.3, -0.25) is 4.79 Å². The van der Waals surface area contributed by atoms with Gasteiger partial charge in [0, 0.05) is 5.56 Å². The van der Waals surface area contributed by atoms with Gasteiger partial charge in [0.1, 0.15) is 11.9 Å². The van der Waals surface area contributed by atoms with Crippen LogP contribution in [0.5, 0.6) is 5.75 Å². The second-order valence-electron chi connectivity index (χ2n) is 5.23. The van der Waals surface area contributed by atoms with Crippen LogP contribution in [0.1, 0.15) is 24.8 Å². The maximum absolute atomic E-state index is 11.1. The highest BCUT2D eigenvalue weighted by atomic mass is 16.5. The van der Waals surface area contributed by atoms with Crippen LogP contribution in [0.2, 0.25) is 0 Å². The van der Waals surface area contributed by atoms with Gasteiger partial charge < -0.3 is 14.6 Å². The standard InChI is InChI=1S/C15H17NO4/c1-19-11-5-2-9(3-6-11)14-16-12-8-10(15(17)18)4-7-13(12)20-14/h2-3,5-6,10,12-13H,4,7-8H2,1H3,(H,17,18). The third kappa shape index (κ3) is 2.35. The number of carbonyl (C=O) groups is 1. The Morgan fingerprint density at radius 2 is 2.10 bits per heavy atom. The van der Waals surface area contributed by atoms with Crippen LogP contribution in [-0.4, -0.2) is 36.2 Å². The Kier molecular flexibility index (Phi) is 3.34. The molecular weight excluding hydrogens is 258 g/mol. The molecule has 1 aromatic rings. The van der Waals surface area contributed by atoms with Gasteiger partial charge in [-0.25, -0.2) is 4.99 Å². The smallest absolute Gasteiger partial charge is 0.306 e. The van der Waals surface area contributed by atoms with Crippen LogP contribution in [0.4, 0.5) is 0 Å². The minimum Gasteiger partial charge on any atom is -0.497 e. The predicted molar refractivity (Wildman–Crippen MR) is 73.2 cm³/mol. The minimum absolute atomic E-state index is 0.0260. The van der Waals surface area contributed by atoms with Crippen molar-refractivity contribution in [3.8, 4) is 5.75 Å². The summed E-state index contributed by atoms with van der Waals surface area (Å²) in [7, 11) is 1.62. The number of rotatable bonds is 3. The van der Waals surface area contributed by atoms with Gasteiger partial charge in [0.05, 0.1) is 19.1 Å². The summed E-state index contributed by atoms with van der Waals surface area (Å²) in [6, 6.07) is 7.52. The summed E-state index contributed by atoms with van der Waals surface area (Å²) >= 11 is 0. The number of hydrogen-bond acceptors (Lipinski definition) is 4. The fraction of sp³-hybridized carbons (Fsp3) is 0.467. The molecule has 0 saturated heterocycles. The molecule has 0 bridgehead atoms. The van der Waals surface area contributed by atoms with Crippen LogP contribution in [0.15, 0.2) is 29.3 Å². The van der Waals surface area contributed by atoms with Crippen LogP contribution in [0.25, 0.3) is 0 Å². The first kappa shape index (κ1) is 13.0. The van der Waals surface area contributed by atoms with E-state index in [1.807, 2.05) is 24.3 Å². The molecule has 1 aliphatic heterocycles. The van der Waals surface area contributed by atoms with Gasteiger partial charge in [0.15, 0.2) is 0 Å². The van der Waals surface area contributed by atoms with E-state index in [4.69, 9.17) is 14.6 Å². The second-order valence-corrected chi connectivity index (χ2v) is 5.23. The van der Waals surface area contributed by atoms with Crippen LogP contribution >= 0.6 is 0 Å². The summed E-state index contributed by atoms with van der Waals surface area (Å²) in [5, 5.41) is 9.10. The molecule has 1 N–H and O–H groups in total. The zero-order valence-corrected chi connectivity index (χ0v) is 11.3. The van der Waals surface area contributed by atoms with E-state index in [1.54, 1.807) is 7.11 Å². The van der Waals surface area contributed by atoms with E-state index in [2.05, 4.69) is 4.99 Å². The average Bonchev–Trinajstić information content (AvgIpc) is 2.90. The molecule has 3 rings (SSSR count). The van der Waals surface area contributed by atoms with E-state index >= 15 is 0 Å². The molecule has 1 aromatic carbocycles. The van der Waals surface area contributed by atoms with Gasteiger partial charge in [-0.1, -0.05) is 0 Å². The Hall–Kier alpha value is -2.04. The van der Waals surface area contributed by atoms with Crippen molar-refractivity contribution in [3.05, 3.63) is 29.8 Å². The van der Waals surface area contributed by atoms with E-state index in [1.165, 1.54) is 0 Å². The first-order valence-electron chi connectivity index (χ1n) is 6.79. The van der Waals surface area contributed by atoms with Crippen LogP contribution in [-0.2, 0) is 9.53 Å². The molecule has 1 saturated carbocycles. The van der Waals surface area contributed by atoms with Gasteiger partial charge in [-0.05, 0) is 43.5 Å². The summed E-state index contributed by atoms with van der Waals surface area (Å²) in [5.41, 5.74) is 0.909. The molecule has 1 fully saturated rings. The molecule has 3 unspecified atom stereocenters. The fourth-order valence-electron chi connectivity index (χ4n) is 2.82. The number of carboxylic acid groups (broad SMARTS) is 1. The quantitative estimate of drug-likeness (QED) is 0.917. The summed E-state index contributed by atoms with van der Waals surface area (Å²) in [4.78, 5) is 15.6. The molecule has 5 heteroatoms. The number of hydrogen-bond donors (Lipinski definition) is 1. The van der Waals surface area contributed by atoms with Crippen molar-refractivity contribution in [3.63, 3.8) is 0 Å². The fourth-order valence-corrected chi connectivity index (χ4v) is 2.82. The number of aliphatic imine (C=N–C) groups is 1. The largest absolute Gasteiger partial charge is 0.497 e. The molecule has 0 amide bonds. The highest BCUT2D eigenvalue weighted by Crippen LogP contribution is 2.33. The SMILES string of the molecule is COc1ccc(C2=NC3CC(C(=O)O)CCC3O2)cc1. The Labute approximate surface area is 117 Å². The van der Waals surface area contributed by atoms with Gasteiger partial charge in [0.25, 0.3) is 0 Å². The number of benzene rings is 1. The van der Waals surface area contributed by atoms with Crippen molar-refractivity contribution in [1.29, 1.82) is 0 Å². The normalized spacial score (nSPS) is 28.2. The van der Waals surface area contributed by atoms with Crippen LogP contribution in [0, 0.1) is 5.92 Å². The molecular formula is C15H17NO4. The zero-order valence-electron chi connectivity index (χ0n) is 11.3. The predicted octanol–water partition coefficient (Wildman–Crippen LogP) is 2.09. The molecule has 1 aliphatic carbocycles. The average molecular weight is 275 g/mol. The van der Waals surface area contributed by atoms with Gasteiger partial charge in [0.2, 0.25) is 5.90 Å². The molecule has 1 heterocycles. The topological polar surface area (TPSA) is 68.1 Å². The van der Waals surface area contributed by atoms with Gasteiger partial charge in [-0.15, -0.1) is 0 Å². The van der Waals surface area contributed by atoms with E-state index < -0.39 is 5.97 Å². The number of ether oxygens (including phenoxy) is 2. The van der Waals surface area contributed by atoms with Crippen molar-refractivity contribution in [2.75, 3.05) is 7.11 Å². The lowest BCUT2D eigenvalue weighted by Crippen LogP contribution is -2.33.